The molecule has 24 N–H and O–H groups in total. The molecule has 9 atom stereocenters. The van der Waals surface area contributed by atoms with Crippen molar-refractivity contribution in [3.63, 3.8) is 0 Å². The number of nitrogens with one attached hydrogen (secondary N) is 9. The van der Waals surface area contributed by atoms with Gasteiger partial charge in [-0.05, 0) is 78.8 Å². The minimum absolute atomic E-state index is 0.00974. The largest absolute Gasteiger partial charge is 0.508 e. The molecule has 1 heterocycles. The third-order valence-corrected chi connectivity index (χ3v) is 13.1. The van der Waals surface area contributed by atoms with Gasteiger partial charge in [-0.15, -0.1) is 0 Å². The molecule has 0 aliphatic rings. The summed E-state index contributed by atoms with van der Waals surface area (Å²) in [4.78, 5) is 159. The van der Waals surface area contributed by atoms with Crippen molar-refractivity contribution in [1.29, 1.82) is 0 Å². The number of carboxylic acids is 2. The molecule has 33 heteroatoms. The molecule has 4 aromatic rings. The Morgan fingerprint density at radius 3 is 1.16 bits per heavy atom. The molecule has 33 nitrogen and oxygen atoms in total. The van der Waals surface area contributed by atoms with Crippen LogP contribution in [0.25, 0.3) is 0 Å². The SMILES string of the molecule is NC(=O)CC[C@H](NC(=O)[C@H](Cc1ccc(O)cc1)NC(=O)[C@H](Cc1cnc[nH]1)NC(=O)[C@H](CCCN=C(N)N)NC(=O)[C@H](Cc1ccc(O)cc1)NC(=O)[C@H](CCC(=O)O)NC(=O)[C@@H](N)CO)C(=O)N[C@@H](Cc1ccc(O)cc1)C(=O)N[C@@H](CO)C(=O)O. The predicted octanol–water partition coefficient (Wildman–Crippen LogP) is -5.74. The number of aromatic hydroxyl groups is 3. The van der Waals surface area contributed by atoms with Crippen LogP contribution in [0, 0.1) is 0 Å². The number of amides is 9. The van der Waals surface area contributed by atoms with E-state index in [4.69, 9.17) is 22.9 Å². The number of aromatic nitrogens is 2. The average Bonchev–Trinajstić information content (AvgIpc) is 4.17. The number of carbonyl (C=O) groups is 11. The van der Waals surface area contributed by atoms with Gasteiger partial charge in [-0.1, -0.05) is 36.4 Å². The summed E-state index contributed by atoms with van der Waals surface area (Å²) in [5.74, 6) is -13.3. The number of aliphatic hydroxyl groups is 2. The lowest BCUT2D eigenvalue weighted by Gasteiger charge is -2.28. The fraction of sp³-hybridized carbons (Fsp3) is 0.400. The third kappa shape index (κ3) is 24.3. The highest BCUT2D eigenvalue weighted by atomic mass is 16.4. The molecule has 0 radical (unpaired) electrons. The number of imidazole rings is 1. The molecule has 0 aliphatic carbocycles. The number of hydrogen-bond acceptors (Lipinski definition) is 19. The number of phenolic OH excluding ortho intramolecular Hbond substituents is 3. The van der Waals surface area contributed by atoms with Crippen molar-refractivity contribution < 1.29 is 88.5 Å². The summed E-state index contributed by atoms with van der Waals surface area (Å²) in [5.41, 5.74) is 23.4. The first-order valence-electron chi connectivity index (χ1n) is 27.2. The van der Waals surface area contributed by atoms with Crippen molar-refractivity contribution in [3.05, 3.63) is 108 Å². The zero-order valence-electron chi connectivity index (χ0n) is 47.3. The molecular weight excluding hydrogens is 1160 g/mol. The lowest BCUT2D eigenvalue weighted by Crippen LogP contribution is -2.61. The maximum atomic E-state index is 14.8. The fourth-order valence-electron chi connectivity index (χ4n) is 8.37. The molecular formula is C55H73N15O18. The van der Waals surface area contributed by atoms with Crippen LogP contribution in [-0.4, -0.2) is 191 Å². The monoisotopic (exact) mass is 1230 g/mol. The quantitative estimate of drug-likeness (QED) is 0.0114. The zero-order valence-corrected chi connectivity index (χ0v) is 47.3. The van der Waals surface area contributed by atoms with Gasteiger partial charge in [-0.25, -0.2) is 9.78 Å². The van der Waals surface area contributed by atoms with Crippen LogP contribution in [0.3, 0.4) is 0 Å². The molecule has 4 rings (SSSR count). The lowest BCUT2D eigenvalue weighted by molar-refractivity contribution is -0.143. The van der Waals surface area contributed by atoms with Crippen molar-refractivity contribution in [2.75, 3.05) is 19.8 Å². The van der Waals surface area contributed by atoms with Crippen molar-refractivity contribution in [3.8, 4) is 17.2 Å². The Bertz CT molecular complexity index is 3060. The second-order valence-electron chi connectivity index (χ2n) is 20.1. The van der Waals surface area contributed by atoms with Crippen molar-refractivity contribution >= 4 is 71.1 Å². The van der Waals surface area contributed by atoms with Crippen LogP contribution < -0.4 is 65.5 Å². The molecule has 0 spiro atoms. The molecule has 0 saturated heterocycles. The lowest BCUT2D eigenvalue weighted by atomic mass is 10.0. The first-order chi connectivity index (χ1) is 41.7. The summed E-state index contributed by atoms with van der Waals surface area (Å²) in [6.07, 6.45) is -1.36. The first-order valence-corrected chi connectivity index (χ1v) is 27.2. The van der Waals surface area contributed by atoms with Crippen LogP contribution in [0.15, 0.2) is 90.3 Å². The summed E-state index contributed by atoms with van der Waals surface area (Å²) in [5, 5.41) is 87.5. The van der Waals surface area contributed by atoms with E-state index >= 15 is 0 Å². The number of nitrogens with zero attached hydrogens (tertiary/aromatic N) is 2. The smallest absolute Gasteiger partial charge is 0.328 e. The standard InChI is InChI=1S/C55H73N15O18/c56-35(25-71)46(79)63-38(16-18-45(77)78)49(82)66-39(20-28-3-9-32(73)10-4-28)50(83)64-36(2-1-19-61-55(58)59)47(80)69-42(23-31-24-60-27-62-31)53(86)68-40(21-29-5-11-33(74)12-6-29)51(84)65-37(15-17-44(57)76)48(81)67-41(22-30-7-13-34(75)14-8-30)52(85)70-43(26-72)54(87)88/h3-14,24,27,35-43,71-75H,1-2,15-23,25-26,56H2,(H2,57,76)(H,60,62)(H,63,79)(H,64,83)(H,65,84)(H,66,82)(H,67,81)(H,68,86)(H,69,80)(H,70,85)(H,77,78)(H,87,88)(H4,58,59,61)/t35-,36-,37-,38-,39-,40-,41-,42-,43-/m0/s1. The Kier molecular flexibility index (Phi) is 28.0. The van der Waals surface area contributed by atoms with Crippen molar-refractivity contribution in [2.45, 2.75) is 119 Å². The number of rotatable bonds is 37. The molecule has 476 valence electrons. The molecule has 88 heavy (non-hydrogen) atoms. The van der Waals surface area contributed by atoms with E-state index in [-0.39, 0.29) is 74.0 Å². The highest BCUT2D eigenvalue weighted by Gasteiger charge is 2.36. The number of aliphatic hydroxyl groups excluding tert-OH is 2. The number of primary amides is 1. The van der Waals surface area contributed by atoms with Gasteiger partial charge in [0.05, 0.1) is 19.5 Å². The first kappa shape index (κ1) is 70.1. The molecule has 3 aromatic carbocycles. The van der Waals surface area contributed by atoms with E-state index in [0.717, 1.165) is 0 Å². The number of aromatic amines is 1. The van der Waals surface area contributed by atoms with Crippen molar-refractivity contribution in [1.82, 2.24) is 52.5 Å². The van der Waals surface area contributed by atoms with Gasteiger partial charge in [0.2, 0.25) is 53.2 Å². The van der Waals surface area contributed by atoms with Crippen molar-refractivity contribution in [2.24, 2.45) is 27.9 Å². The summed E-state index contributed by atoms with van der Waals surface area (Å²) in [6.45, 7) is -1.99. The number of benzene rings is 3. The summed E-state index contributed by atoms with van der Waals surface area (Å²) >= 11 is 0. The highest BCUT2D eigenvalue weighted by Crippen LogP contribution is 2.17. The Hall–Kier alpha value is -10.4. The van der Waals surface area contributed by atoms with Gasteiger partial charge in [0.1, 0.15) is 71.6 Å². The molecule has 1 aromatic heterocycles. The van der Waals surface area contributed by atoms with Gasteiger partial charge < -0.3 is 106 Å². The maximum absolute atomic E-state index is 14.8. The highest BCUT2D eigenvalue weighted by molar-refractivity contribution is 5.98. The number of aliphatic imine (C=N–C) groups is 1. The van der Waals surface area contributed by atoms with Crippen LogP contribution in [0.1, 0.15) is 60.9 Å². The fourth-order valence-corrected chi connectivity index (χ4v) is 8.37. The van der Waals surface area contributed by atoms with E-state index in [9.17, 15) is 88.5 Å². The van der Waals surface area contributed by atoms with E-state index in [1.54, 1.807) is 0 Å². The number of carboxylic acid groups (broad SMARTS) is 2. The van der Waals surface area contributed by atoms with Gasteiger partial charge in [0, 0.05) is 57.0 Å². The topological polar surface area (TPSA) is 571 Å². The summed E-state index contributed by atoms with van der Waals surface area (Å²) < 4.78 is 0. The van der Waals surface area contributed by atoms with E-state index in [2.05, 4.69) is 57.5 Å². The van der Waals surface area contributed by atoms with Gasteiger partial charge in [0.25, 0.3) is 0 Å². The maximum Gasteiger partial charge on any atom is 0.328 e. The van der Waals surface area contributed by atoms with Crippen LogP contribution in [0.5, 0.6) is 17.2 Å². The second-order valence-corrected chi connectivity index (χ2v) is 20.1. The summed E-state index contributed by atoms with van der Waals surface area (Å²) in [7, 11) is 0. The molecule has 0 bridgehead atoms. The van der Waals surface area contributed by atoms with E-state index < -0.39 is 158 Å². The normalized spacial score (nSPS) is 14.0. The third-order valence-electron chi connectivity index (χ3n) is 13.1. The van der Waals surface area contributed by atoms with Gasteiger partial charge in [-0.2, -0.15) is 0 Å². The second kappa shape index (κ2) is 35.1. The zero-order chi connectivity index (χ0) is 65.0. The van der Waals surface area contributed by atoms with Gasteiger partial charge >= 0.3 is 11.9 Å². The van der Waals surface area contributed by atoms with E-state index in [1.165, 1.54) is 85.3 Å². The Morgan fingerprint density at radius 2 is 0.818 bits per heavy atom. The number of guanidine groups is 1. The molecule has 0 aliphatic heterocycles. The minimum Gasteiger partial charge on any atom is -0.508 e. The molecule has 9 amide bonds. The molecule has 0 unspecified atom stereocenters. The van der Waals surface area contributed by atoms with Crippen LogP contribution in [-0.2, 0) is 78.4 Å². The Balaban J connectivity index is 1.73. The Morgan fingerprint density at radius 1 is 0.466 bits per heavy atom. The van der Waals surface area contributed by atoms with E-state index in [0.29, 0.717) is 16.7 Å². The molecule has 0 fully saturated rings. The van der Waals surface area contributed by atoms with Crippen LogP contribution in [0.4, 0.5) is 0 Å². The van der Waals surface area contributed by atoms with Gasteiger partial charge in [0.15, 0.2) is 5.96 Å². The number of phenols is 3. The minimum atomic E-state index is -1.82. The van der Waals surface area contributed by atoms with Crippen LogP contribution in [0.2, 0.25) is 0 Å². The Labute approximate surface area is 501 Å². The number of H-pyrrole nitrogens is 1. The molecule has 0 saturated carbocycles. The van der Waals surface area contributed by atoms with E-state index in [1.807, 2.05) is 0 Å². The van der Waals surface area contributed by atoms with Crippen LogP contribution >= 0.6 is 0 Å². The van der Waals surface area contributed by atoms with Gasteiger partial charge in [-0.3, -0.25) is 52.9 Å². The number of aliphatic carboxylic acids is 2. The summed E-state index contributed by atoms with van der Waals surface area (Å²) in [6, 6.07) is 1.14. The number of nitrogens with two attached hydrogens (primary N) is 4. The predicted molar refractivity (Wildman–Crippen MR) is 308 cm³/mol. The number of hydrogen-bond donors (Lipinski definition) is 20. The average molecular weight is 1230 g/mol. The number of carbonyl (C=O) groups excluding carboxylic acids is 9.